The van der Waals surface area contributed by atoms with Crippen LogP contribution in [0.15, 0.2) is 24.3 Å². The number of halogens is 1. The predicted molar refractivity (Wildman–Crippen MR) is 52.0 cm³/mol. The van der Waals surface area contributed by atoms with Gasteiger partial charge in [-0.1, -0.05) is 18.2 Å². The minimum absolute atomic E-state index is 0.512. The summed E-state index contributed by atoms with van der Waals surface area (Å²) >= 11 is 0. The standard InChI is InChI=1S/C10H7FN2O4/c11-6-4-2-1-3-5(6)10(17)7(14)12-9(16)13-8(10)15/h1-4,17H,(H2,12,13,14,15,16). The van der Waals surface area contributed by atoms with Gasteiger partial charge in [-0.15, -0.1) is 0 Å². The van der Waals surface area contributed by atoms with E-state index in [0.717, 1.165) is 12.1 Å². The summed E-state index contributed by atoms with van der Waals surface area (Å²) in [4.78, 5) is 33.8. The second-order valence-corrected chi connectivity index (χ2v) is 3.43. The molecule has 0 spiro atoms. The Morgan fingerprint density at radius 1 is 1.06 bits per heavy atom. The summed E-state index contributed by atoms with van der Waals surface area (Å²) in [5, 5.41) is 13.4. The fourth-order valence-electron chi connectivity index (χ4n) is 1.52. The SMILES string of the molecule is O=C1NC(=O)C(O)(c2ccccc2F)C(=O)N1. The molecule has 1 aliphatic heterocycles. The van der Waals surface area contributed by atoms with Gasteiger partial charge in [0.25, 0.3) is 17.4 Å². The van der Waals surface area contributed by atoms with Crippen molar-refractivity contribution in [1.82, 2.24) is 10.6 Å². The molecule has 17 heavy (non-hydrogen) atoms. The molecular weight excluding hydrogens is 231 g/mol. The summed E-state index contributed by atoms with van der Waals surface area (Å²) in [6.45, 7) is 0. The number of nitrogens with one attached hydrogen (secondary N) is 2. The molecule has 0 aliphatic carbocycles. The van der Waals surface area contributed by atoms with Crippen molar-refractivity contribution in [3.05, 3.63) is 35.6 Å². The zero-order chi connectivity index (χ0) is 12.6. The summed E-state index contributed by atoms with van der Waals surface area (Å²) in [6, 6.07) is 3.72. The number of hydrogen-bond donors (Lipinski definition) is 3. The second-order valence-electron chi connectivity index (χ2n) is 3.43. The number of hydrogen-bond acceptors (Lipinski definition) is 4. The van der Waals surface area contributed by atoms with Gasteiger partial charge in [0.05, 0.1) is 0 Å². The van der Waals surface area contributed by atoms with E-state index in [4.69, 9.17) is 0 Å². The van der Waals surface area contributed by atoms with E-state index in [1.54, 1.807) is 10.6 Å². The van der Waals surface area contributed by atoms with Crippen molar-refractivity contribution in [2.75, 3.05) is 0 Å². The number of rotatable bonds is 1. The highest BCUT2D eigenvalue weighted by molar-refractivity contribution is 6.21. The van der Waals surface area contributed by atoms with Gasteiger partial charge in [-0.2, -0.15) is 0 Å². The number of carbonyl (C=O) groups excluding carboxylic acids is 3. The fraction of sp³-hybridized carbons (Fsp3) is 0.100. The molecule has 88 valence electrons. The Kier molecular flexibility index (Phi) is 2.40. The molecule has 0 bridgehead atoms. The number of imide groups is 2. The maximum atomic E-state index is 13.5. The van der Waals surface area contributed by atoms with Crippen LogP contribution >= 0.6 is 0 Å². The van der Waals surface area contributed by atoms with Crippen molar-refractivity contribution in [2.24, 2.45) is 0 Å². The Morgan fingerprint density at radius 2 is 1.59 bits per heavy atom. The van der Waals surface area contributed by atoms with Crippen LogP contribution < -0.4 is 10.6 Å². The topological polar surface area (TPSA) is 95.5 Å². The summed E-state index contributed by atoms with van der Waals surface area (Å²) in [5.74, 6) is -3.48. The lowest BCUT2D eigenvalue weighted by atomic mass is 9.90. The molecule has 0 unspecified atom stereocenters. The summed E-state index contributed by atoms with van der Waals surface area (Å²) in [6.07, 6.45) is 0. The smallest absolute Gasteiger partial charge is 0.328 e. The Hall–Kier alpha value is -2.28. The molecule has 3 N–H and O–H groups in total. The Labute approximate surface area is 94.4 Å². The Balaban J connectivity index is 2.55. The molecule has 4 amide bonds. The zero-order valence-corrected chi connectivity index (χ0v) is 8.36. The normalized spacial score (nSPS) is 18.6. The fourth-order valence-corrected chi connectivity index (χ4v) is 1.52. The van der Waals surface area contributed by atoms with E-state index < -0.39 is 34.8 Å². The van der Waals surface area contributed by atoms with E-state index in [-0.39, 0.29) is 0 Å². The number of amides is 4. The number of urea groups is 1. The Morgan fingerprint density at radius 3 is 2.12 bits per heavy atom. The van der Waals surface area contributed by atoms with Crippen LogP contribution in [0, 0.1) is 5.82 Å². The van der Waals surface area contributed by atoms with Crippen LogP contribution in [0.3, 0.4) is 0 Å². The molecule has 0 aromatic heterocycles. The average Bonchev–Trinajstić information content (AvgIpc) is 2.26. The van der Waals surface area contributed by atoms with Crippen molar-refractivity contribution in [1.29, 1.82) is 0 Å². The third kappa shape index (κ3) is 1.56. The van der Waals surface area contributed by atoms with Gasteiger partial charge in [0, 0.05) is 5.56 Å². The van der Waals surface area contributed by atoms with Gasteiger partial charge in [0.15, 0.2) is 0 Å². The van der Waals surface area contributed by atoms with Crippen LogP contribution in [-0.4, -0.2) is 23.0 Å². The van der Waals surface area contributed by atoms with E-state index in [2.05, 4.69) is 0 Å². The predicted octanol–water partition coefficient (Wildman–Crippen LogP) is -0.621. The van der Waals surface area contributed by atoms with Crippen LogP contribution in [0.5, 0.6) is 0 Å². The molecule has 2 rings (SSSR count). The van der Waals surface area contributed by atoms with Gasteiger partial charge in [-0.05, 0) is 6.07 Å². The first-order valence-corrected chi connectivity index (χ1v) is 4.60. The molecular formula is C10H7FN2O4. The molecule has 1 aromatic rings. The summed E-state index contributed by atoms with van der Waals surface area (Å²) in [5.41, 5.74) is -3.25. The maximum absolute atomic E-state index is 13.5. The minimum Gasteiger partial charge on any atom is -0.368 e. The monoisotopic (exact) mass is 238 g/mol. The summed E-state index contributed by atoms with van der Waals surface area (Å²) in [7, 11) is 0. The van der Waals surface area contributed by atoms with E-state index in [1.807, 2.05) is 0 Å². The minimum atomic E-state index is -2.74. The van der Waals surface area contributed by atoms with Crippen molar-refractivity contribution < 1.29 is 23.9 Å². The summed E-state index contributed by atoms with van der Waals surface area (Å²) < 4.78 is 13.5. The lowest BCUT2D eigenvalue weighted by molar-refractivity contribution is -0.156. The van der Waals surface area contributed by atoms with Crippen LogP contribution in [-0.2, 0) is 15.2 Å². The number of barbiturate groups is 1. The highest BCUT2D eigenvalue weighted by Gasteiger charge is 2.51. The molecule has 6 nitrogen and oxygen atoms in total. The van der Waals surface area contributed by atoms with Crippen LogP contribution in [0.25, 0.3) is 0 Å². The third-order valence-corrected chi connectivity index (χ3v) is 2.37. The molecule has 0 saturated carbocycles. The molecule has 7 heteroatoms. The van der Waals surface area contributed by atoms with E-state index >= 15 is 0 Å². The van der Waals surface area contributed by atoms with E-state index in [1.165, 1.54) is 12.1 Å². The number of benzene rings is 1. The Bertz CT molecular complexity index is 509. The average molecular weight is 238 g/mol. The van der Waals surface area contributed by atoms with E-state index in [9.17, 15) is 23.9 Å². The largest absolute Gasteiger partial charge is 0.368 e. The molecule has 1 aromatic carbocycles. The van der Waals surface area contributed by atoms with Gasteiger partial charge < -0.3 is 5.11 Å². The highest BCUT2D eigenvalue weighted by Crippen LogP contribution is 2.26. The molecule has 0 radical (unpaired) electrons. The molecule has 1 aliphatic rings. The molecule has 1 heterocycles. The van der Waals surface area contributed by atoms with Crippen molar-refractivity contribution >= 4 is 17.8 Å². The quantitative estimate of drug-likeness (QED) is 0.568. The lowest BCUT2D eigenvalue weighted by Gasteiger charge is -2.29. The first-order valence-electron chi connectivity index (χ1n) is 4.60. The molecule has 0 atom stereocenters. The lowest BCUT2D eigenvalue weighted by Crippen LogP contribution is -2.65. The first-order chi connectivity index (χ1) is 7.96. The van der Waals surface area contributed by atoms with Gasteiger partial charge in [-0.3, -0.25) is 20.2 Å². The van der Waals surface area contributed by atoms with Crippen LogP contribution in [0.4, 0.5) is 9.18 Å². The third-order valence-electron chi connectivity index (χ3n) is 2.37. The van der Waals surface area contributed by atoms with Crippen LogP contribution in [0.2, 0.25) is 0 Å². The first kappa shape index (κ1) is 11.2. The van der Waals surface area contributed by atoms with E-state index in [0.29, 0.717) is 0 Å². The van der Waals surface area contributed by atoms with Crippen LogP contribution in [0.1, 0.15) is 5.56 Å². The van der Waals surface area contributed by atoms with Gasteiger partial charge in [0.1, 0.15) is 5.82 Å². The number of aliphatic hydroxyl groups is 1. The highest BCUT2D eigenvalue weighted by atomic mass is 19.1. The van der Waals surface area contributed by atoms with Gasteiger partial charge in [0.2, 0.25) is 0 Å². The van der Waals surface area contributed by atoms with Crippen molar-refractivity contribution in [2.45, 2.75) is 5.60 Å². The molecule has 1 saturated heterocycles. The van der Waals surface area contributed by atoms with Crippen molar-refractivity contribution in [3.8, 4) is 0 Å². The van der Waals surface area contributed by atoms with Gasteiger partial charge in [-0.25, -0.2) is 9.18 Å². The molecule has 1 fully saturated rings. The number of carbonyl (C=O) groups is 3. The van der Waals surface area contributed by atoms with Gasteiger partial charge >= 0.3 is 6.03 Å². The zero-order valence-electron chi connectivity index (χ0n) is 8.36. The van der Waals surface area contributed by atoms with Crippen molar-refractivity contribution in [3.63, 3.8) is 0 Å². The second kappa shape index (κ2) is 3.63. The maximum Gasteiger partial charge on any atom is 0.328 e.